The van der Waals surface area contributed by atoms with Crippen molar-refractivity contribution in [2.75, 3.05) is 52.3 Å². The fourth-order valence-corrected chi connectivity index (χ4v) is 3.76. The predicted molar refractivity (Wildman–Crippen MR) is 96.6 cm³/mol. The first-order valence-electron chi connectivity index (χ1n) is 8.42. The lowest BCUT2D eigenvalue weighted by atomic mass is 9.92. The average Bonchev–Trinajstić information content (AvgIpc) is 2.64. The molecule has 4 rings (SSSR count). The molecule has 6 nitrogen and oxygen atoms in total. The highest BCUT2D eigenvalue weighted by atomic mass is 16.5. The third-order valence-electron chi connectivity index (χ3n) is 5.21. The number of nitrogens with zero attached hydrogens (tertiary/aromatic N) is 3. The van der Waals surface area contributed by atoms with E-state index in [4.69, 9.17) is 4.74 Å². The van der Waals surface area contributed by atoms with Crippen molar-refractivity contribution < 1.29 is 14.3 Å². The number of methoxy groups -OCH3 is 1. The van der Waals surface area contributed by atoms with E-state index in [0.29, 0.717) is 16.9 Å². The second-order valence-electron chi connectivity index (χ2n) is 6.66. The smallest absolute Gasteiger partial charge is 0.261 e. The summed E-state index contributed by atoms with van der Waals surface area (Å²) in [6.45, 7) is 3.69. The van der Waals surface area contributed by atoms with Crippen LogP contribution in [-0.4, -0.2) is 69.0 Å². The highest BCUT2D eigenvalue weighted by Gasteiger charge is 2.33. The van der Waals surface area contributed by atoms with Gasteiger partial charge in [0.2, 0.25) is 0 Å². The van der Waals surface area contributed by atoms with Gasteiger partial charge < -0.3 is 14.5 Å². The maximum Gasteiger partial charge on any atom is 0.261 e. The zero-order valence-corrected chi connectivity index (χ0v) is 14.7. The van der Waals surface area contributed by atoms with Crippen LogP contribution in [0.1, 0.15) is 20.7 Å². The Balaban J connectivity index is 2.00. The van der Waals surface area contributed by atoms with Crippen LogP contribution in [0, 0.1) is 0 Å². The molecule has 0 spiro atoms. The predicted octanol–water partition coefficient (Wildman–Crippen LogP) is 1.83. The molecular weight excluding hydrogens is 318 g/mol. The molecule has 2 heterocycles. The number of anilines is 1. The number of hydrogen-bond acceptors (Lipinski definition) is 5. The lowest BCUT2D eigenvalue weighted by Gasteiger charge is -2.36. The van der Waals surface area contributed by atoms with Gasteiger partial charge in [0.15, 0.2) is 0 Å². The lowest BCUT2D eigenvalue weighted by molar-refractivity contribution is 0.0650. The van der Waals surface area contributed by atoms with Crippen LogP contribution in [-0.2, 0) is 0 Å². The quantitative estimate of drug-likeness (QED) is 0.782. The number of amides is 2. The number of ether oxygens (including phenoxy) is 1. The Morgan fingerprint density at radius 3 is 2.32 bits per heavy atom. The Morgan fingerprint density at radius 2 is 1.64 bits per heavy atom. The highest BCUT2D eigenvalue weighted by molar-refractivity contribution is 6.27. The van der Waals surface area contributed by atoms with E-state index >= 15 is 0 Å². The second-order valence-corrected chi connectivity index (χ2v) is 6.66. The van der Waals surface area contributed by atoms with Crippen molar-refractivity contribution >= 4 is 28.3 Å². The molecule has 2 aliphatic rings. The monoisotopic (exact) mass is 339 g/mol. The summed E-state index contributed by atoms with van der Waals surface area (Å²) in [6.07, 6.45) is 0. The number of imide groups is 1. The number of likely N-dealkylation sites (N-methyl/N-ethyl adjacent to an activating group) is 1. The number of benzene rings is 2. The Hall–Kier alpha value is -2.60. The van der Waals surface area contributed by atoms with Crippen molar-refractivity contribution in [2.45, 2.75) is 0 Å². The van der Waals surface area contributed by atoms with Crippen molar-refractivity contribution in [1.82, 2.24) is 9.80 Å². The van der Waals surface area contributed by atoms with E-state index in [-0.39, 0.29) is 11.8 Å². The van der Waals surface area contributed by atoms with Gasteiger partial charge in [0.05, 0.1) is 18.4 Å². The Bertz CT molecular complexity index is 885. The molecular formula is C19H21N3O3. The molecule has 1 fully saturated rings. The summed E-state index contributed by atoms with van der Waals surface area (Å²) in [6, 6.07) is 7.43. The van der Waals surface area contributed by atoms with Gasteiger partial charge in [-0.25, -0.2) is 0 Å². The van der Waals surface area contributed by atoms with E-state index in [0.717, 1.165) is 42.6 Å². The number of hydrogen-bond donors (Lipinski definition) is 0. The topological polar surface area (TPSA) is 53.1 Å². The van der Waals surface area contributed by atoms with Crippen LogP contribution in [0.2, 0.25) is 0 Å². The zero-order valence-electron chi connectivity index (χ0n) is 14.7. The van der Waals surface area contributed by atoms with Crippen LogP contribution >= 0.6 is 0 Å². The van der Waals surface area contributed by atoms with Crippen LogP contribution in [0.25, 0.3) is 10.8 Å². The van der Waals surface area contributed by atoms with Crippen molar-refractivity contribution in [3.8, 4) is 5.75 Å². The van der Waals surface area contributed by atoms with E-state index in [9.17, 15) is 9.59 Å². The van der Waals surface area contributed by atoms with E-state index in [1.807, 2.05) is 12.1 Å². The van der Waals surface area contributed by atoms with E-state index in [1.54, 1.807) is 19.2 Å². The normalized spacial score (nSPS) is 18.2. The first-order valence-corrected chi connectivity index (χ1v) is 8.42. The van der Waals surface area contributed by atoms with Gasteiger partial charge in [-0.05, 0) is 19.2 Å². The number of piperazine rings is 1. The summed E-state index contributed by atoms with van der Waals surface area (Å²) < 4.78 is 5.64. The fourth-order valence-electron chi connectivity index (χ4n) is 3.76. The van der Waals surface area contributed by atoms with Gasteiger partial charge in [0, 0.05) is 49.6 Å². The van der Waals surface area contributed by atoms with Crippen LogP contribution in [0.3, 0.4) is 0 Å². The summed E-state index contributed by atoms with van der Waals surface area (Å²) >= 11 is 0. The summed E-state index contributed by atoms with van der Waals surface area (Å²) in [7, 11) is 5.26. The summed E-state index contributed by atoms with van der Waals surface area (Å²) in [5, 5.41) is 1.65. The van der Waals surface area contributed by atoms with E-state index in [2.05, 4.69) is 16.8 Å². The molecule has 1 saturated heterocycles. The van der Waals surface area contributed by atoms with Gasteiger partial charge >= 0.3 is 0 Å². The molecule has 2 aromatic rings. The van der Waals surface area contributed by atoms with Gasteiger partial charge in [-0.1, -0.05) is 12.1 Å². The highest BCUT2D eigenvalue weighted by Crippen LogP contribution is 2.42. The van der Waals surface area contributed by atoms with E-state index < -0.39 is 0 Å². The Kier molecular flexibility index (Phi) is 3.65. The fraction of sp³-hybridized carbons (Fsp3) is 0.368. The molecule has 0 bridgehead atoms. The SMILES string of the molecule is COc1cc2c3c(cccc3c1N1CCN(C)CC1)C(=O)N(C)C2=O. The van der Waals surface area contributed by atoms with E-state index in [1.165, 1.54) is 11.9 Å². The molecule has 0 aromatic heterocycles. The molecule has 25 heavy (non-hydrogen) atoms. The van der Waals surface area contributed by atoms with Crippen molar-refractivity contribution in [1.29, 1.82) is 0 Å². The van der Waals surface area contributed by atoms with Crippen molar-refractivity contribution in [3.05, 3.63) is 35.4 Å². The van der Waals surface area contributed by atoms with Crippen LogP contribution in [0.15, 0.2) is 24.3 Å². The second kappa shape index (κ2) is 5.74. The number of carbonyl (C=O) groups is 2. The third kappa shape index (κ3) is 2.28. The minimum atomic E-state index is -0.281. The molecule has 2 aromatic carbocycles. The molecule has 2 aliphatic heterocycles. The van der Waals surface area contributed by atoms with Crippen molar-refractivity contribution in [2.24, 2.45) is 0 Å². The summed E-state index contributed by atoms with van der Waals surface area (Å²) in [4.78, 5) is 30.9. The van der Waals surface area contributed by atoms with Gasteiger partial charge in [0.25, 0.3) is 11.8 Å². The van der Waals surface area contributed by atoms with Crippen LogP contribution in [0.5, 0.6) is 5.75 Å². The van der Waals surface area contributed by atoms with Crippen LogP contribution in [0.4, 0.5) is 5.69 Å². The minimum Gasteiger partial charge on any atom is -0.495 e. The van der Waals surface area contributed by atoms with Gasteiger partial charge in [0.1, 0.15) is 5.75 Å². The molecule has 6 heteroatoms. The van der Waals surface area contributed by atoms with Crippen molar-refractivity contribution in [3.63, 3.8) is 0 Å². The molecule has 0 atom stereocenters. The molecule has 0 unspecified atom stereocenters. The van der Waals surface area contributed by atoms with Gasteiger partial charge in [-0.2, -0.15) is 0 Å². The molecule has 0 saturated carbocycles. The molecule has 0 aliphatic carbocycles. The number of rotatable bonds is 2. The first kappa shape index (κ1) is 15.9. The minimum absolute atomic E-state index is 0.252. The van der Waals surface area contributed by atoms with Crippen LogP contribution < -0.4 is 9.64 Å². The average molecular weight is 339 g/mol. The molecule has 0 radical (unpaired) electrons. The number of carbonyl (C=O) groups excluding carboxylic acids is 2. The third-order valence-corrected chi connectivity index (χ3v) is 5.21. The Morgan fingerprint density at radius 1 is 0.960 bits per heavy atom. The summed E-state index contributed by atoms with van der Waals surface area (Å²) in [5.41, 5.74) is 2.08. The lowest BCUT2D eigenvalue weighted by Crippen LogP contribution is -2.45. The largest absolute Gasteiger partial charge is 0.495 e. The first-order chi connectivity index (χ1) is 12.0. The summed E-state index contributed by atoms with van der Waals surface area (Å²) in [5.74, 6) is 0.148. The Labute approximate surface area is 146 Å². The molecule has 0 N–H and O–H groups in total. The zero-order chi connectivity index (χ0) is 17.7. The maximum absolute atomic E-state index is 12.6. The van der Waals surface area contributed by atoms with Gasteiger partial charge in [-0.3, -0.25) is 14.5 Å². The standard InChI is InChI=1S/C19H21N3O3/c1-20-7-9-22(10-8-20)17-12-5-4-6-13-16(12)14(11-15(17)25-3)19(24)21(2)18(13)23/h4-6,11H,7-10H2,1-3H3. The maximum atomic E-state index is 12.6. The van der Waals surface area contributed by atoms with Gasteiger partial charge in [-0.15, -0.1) is 0 Å². The molecule has 130 valence electrons. The molecule has 2 amide bonds.